The number of esters is 1. The maximum Gasteiger partial charge on any atom is 0.320 e. The van der Waals surface area contributed by atoms with Crippen molar-refractivity contribution in [3.63, 3.8) is 0 Å². The Morgan fingerprint density at radius 2 is 1.97 bits per heavy atom. The van der Waals surface area contributed by atoms with Crippen LogP contribution in [-0.4, -0.2) is 68.1 Å². The van der Waals surface area contributed by atoms with Crippen molar-refractivity contribution in [3.8, 4) is 5.75 Å². The molecule has 2 saturated heterocycles. The van der Waals surface area contributed by atoms with Gasteiger partial charge in [0.2, 0.25) is 11.8 Å². The summed E-state index contributed by atoms with van der Waals surface area (Å²) in [7, 11) is 0. The van der Waals surface area contributed by atoms with Gasteiger partial charge in [-0.2, -0.15) is 0 Å². The van der Waals surface area contributed by atoms with E-state index in [0.717, 1.165) is 37.4 Å². The molecule has 4 rings (SSSR count). The minimum atomic E-state index is -0.343. The number of anilines is 1. The molecule has 8 heteroatoms. The van der Waals surface area contributed by atoms with Crippen LogP contribution in [0.2, 0.25) is 0 Å². The van der Waals surface area contributed by atoms with Gasteiger partial charge in [-0.25, -0.2) is 0 Å². The van der Waals surface area contributed by atoms with Gasteiger partial charge in [0.25, 0.3) is 0 Å². The zero-order valence-corrected chi connectivity index (χ0v) is 19.0. The van der Waals surface area contributed by atoms with Crippen molar-refractivity contribution in [3.05, 3.63) is 23.8 Å². The molecule has 2 amide bonds. The van der Waals surface area contributed by atoms with Crippen LogP contribution in [0.15, 0.2) is 18.2 Å². The number of benzene rings is 1. The lowest BCUT2D eigenvalue weighted by Crippen LogP contribution is -2.54. The summed E-state index contributed by atoms with van der Waals surface area (Å²) in [5.41, 5.74) is 2.10. The minimum Gasteiger partial charge on any atom is -0.489 e. The molecular formula is C24H33N3O5. The molecule has 0 unspecified atom stereocenters. The Morgan fingerprint density at radius 3 is 2.69 bits per heavy atom. The van der Waals surface area contributed by atoms with Gasteiger partial charge in [-0.05, 0) is 55.8 Å². The number of hydrogen-bond acceptors (Lipinski definition) is 7. The second-order valence-electron chi connectivity index (χ2n) is 9.33. The third-order valence-corrected chi connectivity index (χ3v) is 6.46. The van der Waals surface area contributed by atoms with Crippen LogP contribution in [0.1, 0.15) is 51.0 Å². The van der Waals surface area contributed by atoms with Gasteiger partial charge in [0, 0.05) is 6.42 Å². The first-order chi connectivity index (χ1) is 15.4. The van der Waals surface area contributed by atoms with E-state index in [9.17, 15) is 14.4 Å². The lowest BCUT2D eigenvalue weighted by atomic mass is 9.87. The predicted molar refractivity (Wildman–Crippen MR) is 120 cm³/mol. The van der Waals surface area contributed by atoms with E-state index in [0.29, 0.717) is 51.0 Å². The Kier molecular flexibility index (Phi) is 6.98. The molecule has 174 valence electrons. The topological polar surface area (TPSA) is 88.2 Å². The molecule has 1 N–H and O–H groups in total. The number of nitrogens with one attached hydrogen (secondary N) is 1. The molecule has 3 heterocycles. The highest BCUT2D eigenvalue weighted by atomic mass is 16.5. The highest BCUT2D eigenvalue weighted by molar-refractivity contribution is 6.02. The zero-order chi connectivity index (χ0) is 22.7. The number of ether oxygens (including phenoxy) is 2. The predicted octanol–water partition coefficient (Wildman–Crippen LogP) is 2.07. The van der Waals surface area contributed by atoms with Crippen LogP contribution in [0.4, 0.5) is 5.69 Å². The van der Waals surface area contributed by atoms with Gasteiger partial charge in [-0.1, -0.05) is 26.0 Å². The van der Waals surface area contributed by atoms with Crippen LogP contribution in [0.5, 0.6) is 5.75 Å². The van der Waals surface area contributed by atoms with Gasteiger partial charge in [-0.15, -0.1) is 0 Å². The SMILES string of the molecule is CC(C)COC(=O)CN1CCC(c2cccc3c2OCCN3[C@@H]2CCC(=O)NC2=O)CC1. The van der Waals surface area contributed by atoms with Crippen molar-refractivity contribution < 1.29 is 23.9 Å². The summed E-state index contributed by atoms with van der Waals surface area (Å²) < 4.78 is 11.4. The number of carbonyl (C=O) groups excluding carboxylic acids is 3. The first kappa shape index (κ1) is 22.6. The molecule has 32 heavy (non-hydrogen) atoms. The van der Waals surface area contributed by atoms with E-state index >= 15 is 0 Å². The Hall–Kier alpha value is -2.61. The molecule has 3 aliphatic heterocycles. The number of imide groups is 1. The number of nitrogens with zero attached hydrogens (tertiary/aromatic N) is 2. The molecule has 1 aromatic carbocycles. The van der Waals surface area contributed by atoms with Crippen LogP contribution in [-0.2, 0) is 19.1 Å². The number of piperidine rings is 2. The summed E-state index contributed by atoms with van der Waals surface area (Å²) in [6.07, 6.45) is 2.77. The Morgan fingerprint density at radius 1 is 1.19 bits per heavy atom. The van der Waals surface area contributed by atoms with Crippen LogP contribution >= 0.6 is 0 Å². The maximum absolute atomic E-state index is 12.5. The average molecular weight is 444 g/mol. The van der Waals surface area contributed by atoms with Crippen molar-refractivity contribution in [1.29, 1.82) is 0 Å². The Labute approximate surface area is 189 Å². The largest absolute Gasteiger partial charge is 0.489 e. The number of para-hydroxylation sites is 1. The van der Waals surface area contributed by atoms with E-state index in [2.05, 4.69) is 21.2 Å². The molecule has 0 bridgehead atoms. The maximum atomic E-state index is 12.5. The molecule has 0 saturated carbocycles. The molecule has 0 aromatic heterocycles. The fraction of sp³-hybridized carbons (Fsp3) is 0.625. The molecule has 0 radical (unpaired) electrons. The Bertz CT molecular complexity index is 863. The van der Waals surface area contributed by atoms with Crippen LogP contribution in [0, 0.1) is 5.92 Å². The van der Waals surface area contributed by atoms with Crippen molar-refractivity contribution in [2.75, 3.05) is 44.3 Å². The standard InChI is InChI=1S/C24H33N3O5/c1-16(2)15-32-22(29)14-26-10-8-17(9-11-26)18-4-3-5-19-23(18)31-13-12-27(19)20-6-7-21(28)25-24(20)30/h3-5,16-17,20H,6-15H2,1-2H3,(H,25,28,30)/t20-/m1/s1. The van der Waals surface area contributed by atoms with Crippen molar-refractivity contribution in [2.45, 2.75) is 51.5 Å². The third-order valence-electron chi connectivity index (χ3n) is 6.46. The number of likely N-dealkylation sites (tertiary alicyclic amines) is 1. The van der Waals surface area contributed by atoms with E-state index in [1.54, 1.807) is 0 Å². The summed E-state index contributed by atoms with van der Waals surface area (Å²) in [4.78, 5) is 40.3. The Balaban J connectivity index is 1.41. The van der Waals surface area contributed by atoms with Crippen molar-refractivity contribution in [2.24, 2.45) is 5.92 Å². The van der Waals surface area contributed by atoms with Gasteiger partial charge >= 0.3 is 5.97 Å². The van der Waals surface area contributed by atoms with Crippen molar-refractivity contribution in [1.82, 2.24) is 10.2 Å². The van der Waals surface area contributed by atoms with Gasteiger partial charge in [0.15, 0.2) is 0 Å². The number of fused-ring (bicyclic) bond motifs is 1. The van der Waals surface area contributed by atoms with Gasteiger partial charge in [0.1, 0.15) is 18.4 Å². The lowest BCUT2D eigenvalue weighted by molar-refractivity contribution is -0.146. The number of carbonyl (C=O) groups is 3. The molecule has 1 atom stereocenters. The molecule has 8 nitrogen and oxygen atoms in total. The zero-order valence-electron chi connectivity index (χ0n) is 19.0. The molecule has 2 fully saturated rings. The summed E-state index contributed by atoms with van der Waals surface area (Å²) >= 11 is 0. The molecule has 3 aliphatic rings. The van der Waals surface area contributed by atoms with Gasteiger partial charge in [0.05, 0.1) is 25.4 Å². The quantitative estimate of drug-likeness (QED) is 0.532. The summed E-state index contributed by atoms with van der Waals surface area (Å²) in [5, 5.41) is 2.47. The van der Waals surface area contributed by atoms with Crippen LogP contribution in [0.25, 0.3) is 0 Å². The number of rotatable bonds is 6. The molecular weight excluding hydrogens is 410 g/mol. The minimum absolute atomic E-state index is 0.155. The highest BCUT2D eigenvalue weighted by Gasteiger charge is 2.36. The third kappa shape index (κ3) is 5.06. The summed E-state index contributed by atoms with van der Waals surface area (Å²) in [6.45, 7) is 7.68. The molecule has 0 spiro atoms. The van der Waals surface area contributed by atoms with Crippen molar-refractivity contribution >= 4 is 23.5 Å². The monoisotopic (exact) mass is 443 g/mol. The number of hydrogen-bond donors (Lipinski definition) is 1. The van der Waals surface area contributed by atoms with E-state index in [-0.39, 0.29) is 23.8 Å². The first-order valence-electron chi connectivity index (χ1n) is 11.7. The molecule has 0 aliphatic carbocycles. The van der Waals surface area contributed by atoms with E-state index in [4.69, 9.17) is 9.47 Å². The van der Waals surface area contributed by atoms with E-state index in [1.807, 2.05) is 26.0 Å². The van der Waals surface area contributed by atoms with Crippen LogP contribution in [0.3, 0.4) is 0 Å². The van der Waals surface area contributed by atoms with E-state index < -0.39 is 0 Å². The van der Waals surface area contributed by atoms with Gasteiger partial charge < -0.3 is 14.4 Å². The summed E-state index contributed by atoms with van der Waals surface area (Å²) in [6, 6.07) is 5.80. The normalized spacial score (nSPS) is 22.3. The lowest BCUT2D eigenvalue weighted by Gasteiger charge is -2.40. The van der Waals surface area contributed by atoms with Crippen LogP contribution < -0.4 is 15.0 Å². The second kappa shape index (κ2) is 9.90. The first-order valence-corrected chi connectivity index (χ1v) is 11.7. The molecule has 1 aromatic rings. The highest BCUT2D eigenvalue weighted by Crippen LogP contribution is 2.43. The van der Waals surface area contributed by atoms with E-state index in [1.165, 1.54) is 5.56 Å². The fourth-order valence-corrected chi connectivity index (χ4v) is 4.81. The number of amides is 2. The summed E-state index contributed by atoms with van der Waals surface area (Å²) in [5.74, 6) is 0.962. The van der Waals surface area contributed by atoms with Gasteiger partial charge in [-0.3, -0.25) is 24.6 Å². The average Bonchev–Trinajstić information content (AvgIpc) is 2.78. The fourth-order valence-electron chi connectivity index (χ4n) is 4.81. The second-order valence-corrected chi connectivity index (χ2v) is 9.33. The smallest absolute Gasteiger partial charge is 0.320 e.